The molecule has 0 bridgehead atoms. The molecule has 0 aliphatic carbocycles. The lowest BCUT2D eigenvalue weighted by atomic mass is 10.2. The van der Waals surface area contributed by atoms with Gasteiger partial charge in [0.05, 0.1) is 12.2 Å². The molecule has 1 aliphatic rings. The number of nitrogens with zero attached hydrogens (tertiary/aromatic N) is 4. The molecule has 1 aromatic carbocycles. The number of carbonyl (C=O) groups excluding carboxylic acids is 1. The summed E-state index contributed by atoms with van der Waals surface area (Å²) >= 11 is 0. The average molecular weight is 227 g/mol. The van der Waals surface area contributed by atoms with Gasteiger partial charge in [-0.25, -0.2) is 9.67 Å². The number of amides is 1. The summed E-state index contributed by atoms with van der Waals surface area (Å²) in [4.78, 5) is 19.4. The highest BCUT2D eigenvalue weighted by molar-refractivity contribution is 5.89. The normalized spacial score (nSPS) is 12.7. The molecule has 0 fully saturated rings. The molecule has 0 saturated carbocycles. The maximum absolute atomic E-state index is 11.1. The quantitative estimate of drug-likeness (QED) is 0.760. The fourth-order valence-corrected chi connectivity index (χ4v) is 1.76. The molecule has 0 radical (unpaired) electrons. The molecule has 1 aromatic heterocycles. The van der Waals surface area contributed by atoms with Crippen molar-refractivity contribution in [3.63, 3.8) is 0 Å². The summed E-state index contributed by atoms with van der Waals surface area (Å²) in [6.45, 7) is 0.384. The van der Waals surface area contributed by atoms with Crippen LogP contribution in [0.15, 0.2) is 29.3 Å². The largest absolute Gasteiger partial charge is 0.363 e. The summed E-state index contributed by atoms with van der Waals surface area (Å²) in [5.41, 5.74) is 6.96. The first kappa shape index (κ1) is 9.71. The highest BCUT2D eigenvalue weighted by atomic mass is 16.1. The van der Waals surface area contributed by atoms with Crippen molar-refractivity contribution in [2.45, 2.75) is 6.54 Å². The molecule has 0 unspecified atom stereocenters. The van der Waals surface area contributed by atoms with Crippen LogP contribution < -0.4 is 5.73 Å². The van der Waals surface area contributed by atoms with E-state index in [2.05, 4.69) is 15.1 Å². The Kier molecular flexibility index (Phi) is 2.01. The number of rotatable bonds is 1. The highest BCUT2D eigenvalue weighted by Crippen LogP contribution is 2.17. The van der Waals surface area contributed by atoms with Gasteiger partial charge in [0.15, 0.2) is 5.82 Å². The standard InChI is InChI=1S/C11H9N5O/c12-10(17)11-14-9-6-13-5-7-3-1-2-4-8(7)16(9)15-11/h1-5H,6H2,(H2,12,17). The molecule has 17 heavy (non-hydrogen) atoms. The number of hydrogen-bond donors (Lipinski definition) is 1. The third-order valence-electron chi connectivity index (χ3n) is 2.52. The minimum absolute atomic E-state index is 0.0203. The monoisotopic (exact) mass is 227 g/mol. The van der Waals surface area contributed by atoms with E-state index in [-0.39, 0.29) is 5.82 Å². The van der Waals surface area contributed by atoms with E-state index in [0.717, 1.165) is 11.3 Å². The Morgan fingerprint density at radius 1 is 1.35 bits per heavy atom. The summed E-state index contributed by atoms with van der Waals surface area (Å²) < 4.78 is 1.61. The van der Waals surface area contributed by atoms with Gasteiger partial charge in [-0.2, -0.15) is 0 Å². The van der Waals surface area contributed by atoms with Crippen LogP contribution in [0.2, 0.25) is 0 Å². The zero-order chi connectivity index (χ0) is 11.8. The number of carbonyl (C=O) groups is 1. The zero-order valence-electron chi connectivity index (χ0n) is 8.87. The van der Waals surface area contributed by atoms with Crippen LogP contribution in [0.25, 0.3) is 5.69 Å². The molecule has 1 amide bonds. The van der Waals surface area contributed by atoms with E-state index in [1.807, 2.05) is 24.3 Å². The molecule has 0 atom stereocenters. The Morgan fingerprint density at radius 3 is 3.00 bits per heavy atom. The lowest BCUT2D eigenvalue weighted by Gasteiger charge is -2.04. The van der Waals surface area contributed by atoms with Gasteiger partial charge in [-0.05, 0) is 6.07 Å². The number of benzene rings is 1. The van der Waals surface area contributed by atoms with Gasteiger partial charge in [-0.3, -0.25) is 9.79 Å². The average Bonchev–Trinajstić information content (AvgIpc) is 2.67. The predicted molar refractivity (Wildman–Crippen MR) is 61.2 cm³/mol. The Bertz CT molecular complexity index is 629. The zero-order valence-corrected chi connectivity index (χ0v) is 8.87. The smallest absolute Gasteiger partial charge is 0.288 e. The van der Waals surface area contributed by atoms with Crippen LogP contribution in [0.3, 0.4) is 0 Å². The number of para-hydroxylation sites is 1. The molecule has 6 nitrogen and oxygen atoms in total. The van der Waals surface area contributed by atoms with Crippen LogP contribution in [-0.2, 0) is 6.54 Å². The van der Waals surface area contributed by atoms with E-state index in [9.17, 15) is 4.79 Å². The van der Waals surface area contributed by atoms with Crippen LogP contribution in [0.1, 0.15) is 22.0 Å². The van der Waals surface area contributed by atoms with Gasteiger partial charge in [0.25, 0.3) is 5.91 Å². The number of fused-ring (bicyclic) bond motifs is 3. The van der Waals surface area contributed by atoms with Crippen molar-refractivity contribution in [1.29, 1.82) is 0 Å². The van der Waals surface area contributed by atoms with Crippen LogP contribution >= 0.6 is 0 Å². The minimum atomic E-state index is -0.632. The molecule has 84 valence electrons. The van der Waals surface area contributed by atoms with Crippen molar-refractivity contribution >= 4 is 12.1 Å². The van der Waals surface area contributed by atoms with E-state index in [4.69, 9.17) is 5.73 Å². The van der Waals surface area contributed by atoms with Crippen molar-refractivity contribution < 1.29 is 4.79 Å². The fourth-order valence-electron chi connectivity index (χ4n) is 1.76. The Hall–Kier alpha value is -2.50. The first-order valence-electron chi connectivity index (χ1n) is 5.10. The van der Waals surface area contributed by atoms with E-state index in [1.54, 1.807) is 10.9 Å². The van der Waals surface area contributed by atoms with Gasteiger partial charge in [0.1, 0.15) is 0 Å². The number of primary amides is 1. The van der Waals surface area contributed by atoms with E-state index in [0.29, 0.717) is 12.4 Å². The molecule has 1 aliphatic heterocycles. The van der Waals surface area contributed by atoms with Gasteiger partial charge >= 0.3 is 0 Å². The third kappa shape index (κ3) is 1.50. The fraction of sp³-hybridized carbons (Fsp3) is 0.0909. The van der Waals surface area contributed by atoms with Crippen molar-refractivity contribution in [3.05, 3.63) is 41.5 Å². The second-order valence-corrected chi connectivity index (χ2v) is 3.66. The summed E-state index contributed by atoms with van der Waals surface area (Å²) in [6, 6.07) is 7.64. The number of nitrogens with two attached hydrogens (primary N) is 1. The van der Waals surface area contributed by atoms with E-state index >= 15 is 0 Å². The Labute approximate surface area is 96.8 Å². The van der Waals surface area contributed by atoms with Gasteiger partial charge in [-0.15, -0.1) is 5.10 Å². The minimum Gasteiger partial charge on any atom is -0.363 e. The van der Waals surface area contributed by atoms with Crippen LogP contribution in [0.5, 0.6) is 0 Å². The molecule has 0 saturated heterocycles. The van der Waals surface area contributed by atoms with Gasteiger partial charge in [0.2, 0.25) is 5.82 Å². The highest BCUT2D eigenvalue weighted by Gasteiger charge is 2.17. The van der Waals surface area contributed by atoms with Gasteiger partial charge in [-0.1, -0.05) is 18.2 Å². The molecule has 6 heteroatoms. The molecule has 3 rings (SSSR count). The Balaban J connectivity index is 2.25. The second-order valence-electron chi connectivity index (χ2n) is 3.66. The maximum Gasteiger partial charge on any atom is 0.288 e. The van der Waals surface area contributed by atoms with Crippen LogP contribution in [-0.4, -0.2) is 26.9 Å². The molecule has 0 spiro atoms. The lowest BCUT2D eigenvalue weighted by Crippen LogP contribution is -2.13. The summed E-state index contributed by atoms with van der Waals surface area (Å²) in [5, 5.41) is 4.10. The van der Waals surface area contributed by atoms with Crippen molar-refractivity contribution in [3.8, 4) is 5.69 Å². The van der Waals surface area contributed by atoms with Crippen molar-refractivity contribution in [2.24, 2.45) is 10.7 Å². The summed E-state index contributed by atoms with van der Waals surface area (Å²) in [6.07, 6.45) is 1.77. The van der Waals surface area contributed by atoms with Crippen molar-refractivity contribution in [1.82, 2.24) is 14.8 Å². The van der Waals surface area contributed by atoms with E-state index in [1.165, 1.54) is 0 Å². The molecule has 2 heterocycles. The van der Waals surface area contributed by atoms with Gasteiger partial charge < -0.3 is 5.73 Å². The Morgan fingerprint density at radius 2 is 2.18 bits per heavy atom. The second kappa shape index (κ2) is 3.51. The molecule has 2 aromatic rings. The molecule has 2 N–H and O–H groups in total. The summed E-state index contributed by atoms with van der Waals surface area (Å²) in [7, 11) is 0. The topological polar surface area (TPSA) is 86.2 Å². The maximum atomic E-state index is 11.1. The van der Waals surface area contributed by atoms with Crippen molar-refractivity contribution in [2.75, 3.05) is 0 Å². The SMILES string of the molecule is NC(=O)c1nc2n(n1)-c1ccccc1C=NC2. The van der Waals surface area contributed by atoms with Crippen LogP contribution in [0, 0.1) is 0 Å². The number of aromatic nitrogens is 3. The first-order valence-corrected chi connectivity index (χ1v) is 5.10. The number of aliphatic imine (C=N–C) groups is 1. The van der Waals surface area contributed by atoms with E-state index < -0.39 is 5.91 Å². The van der Waals surface area contributed by atoms with Gasteiger partial charge in [0, 0.05) is 11.8 Å². The number of hydrogen-bond acceptors (Lipinski definition) is 4. The third-order valence-corrected chi connectivity index (χ3v) is 2.52. The lowest BCUT2D eigenvalue weighted by molar-refractivity contribution is 0.0990. The van der Waals surface area contributed by atoms with Crippen LogP contribution in [0.4, 0.5) is 0 Å². The molecular formula is C11H9N5O. The summed E-state index contributed by atoms with van der Waals surface area (Å²) in [5.74, 6) is -0.000984. The predicted octanol–water partition coefficient (Wildman–Crippen LogP) is 0.299. The first-order chi connectivity index (χ1) is 8.25. The molecular weight excluding hydrogens is 218 g/mol.